The Labute approximate surface area is 117 Å². The second-order valence-corrected chi connectivity index (χ2v) is 4.77. The first-order valence-corrected chi connectivity index (χ1v) is 6.67. The lowest BCUT2D eigenvalue weighted by Gasteiger charge is -2.08. The van der Waals surface area contributed by atoms with Gasteiger partial charge in [-0.2, -0.15) is 0 Å². The Morgan fingerprint density at radius 2 is 2.00 bits per heavy atom. The lowest BCUT2D eigenvalue weighted by Crippen LogP contribution is -2.07. The van der Waals surface area contributed by atoms with Gasteiger partial charge in [0.1, 0.15) is 0 Å². The van der Waals surface area contributed by atoms with Gasteiger partial charge in [0.25, 0.3) is 0 Å². The average Bonchev–Trinajstić information content (AvgIpc) is 2.70. The summed E-state index contributed by atoms with van der Waals surface area (Å²) < 4.78 is 1.85. The molecule has 0 fully saturated rings. The molecule has 2 aromatic rings. The van der Waals surface area contributed by atoms with E-state index in [4.69, 9.17) is 5.11 Å². The predicted octanol–water partition coefficient (Wildman–Crippen LogP) is 1.57. The molecule has 0 atom stereocenters. The van der Waals surface area contributed by atoms with Crippen molar-refractivity contribution in [1.82, 2.24) is 4.57 Å². The van der Waals surface area contributed by atoms with Crippen LogP contribution >= 0.6 is 0 Å². The van der Waals surface area contributed by atoms with Gasteiger partial charge in [0.15, 0.2) is 0 Å². The molecule has 0 bridgehead atoms. The van der Waals surface area contributed by atoms with Crippen LogP contribution in [-0.4, -0.2) is 39.1 Å². The number of hydrogen-bond donors (Lipinski definition) is 3. The number of fused-ring (bicyclic) bond motifs is 1. The minimum atomic E-state index is -0.971. The second kappa shape index (κ2) is 6.07. The van der Waals surface area contributed by atoms with E-state index in [2.05, 4.69) is 0 Å². The smallest absolute Gasteiger partial charge is 0.337 e. The Morgan fingerprint density at radius 3 is 2.60 bits per heavy atom. The van der Waals surface area contributed by atoms with Crippen LogP contribution < -0.4 is 0 Å². The van der Waals surface area contributed by atoms with Crippen molar-refractivity contribution >= 4 is 16.9 Å². The van der Waals surface area contributed by atoms with Gasteiger partial charge in [0.2, 0.25) is 0 Å². The zero-order valence-electron chi connectivity index (χ0n) is 11.5. The van der Waals surface area contributed by atoms with Crippen molar-refractivity contribution in [3.63, 3.8) is 0 Å². The van der Waals surface area contributed by atoms with Crippen LogP contribution in [0.2, 0.25) is 0 Å². The number of benzene rings is 1. The average molecular weight is 277 g/mol. The van der Waals surface area contributed by atoms with Crippen molar-refractivity contribution in [3.8, 4) is 0 Å². The lowest BCUT2D eigenvalue weighted by atomic mass is 10.0. The number of nitrogens with zero attached hydrogens (tertiary/aromatic N) is 1. The van der Waals surface area contributed by atoms with Gasteiger partial charge in [-0.3, -0.25) is 0 Å². The number of aliphatic hydroxyl groups excluding tert-OH is 2. The van der Waals surface area contributed by atoms with Gasteiger partial charge in [-0.1, -0.05) is 12.1 Å². The number of carbonyl (C=O) groups is 1. The van der Waals surface area contributed by atoms with Gasteiger partial charge >= 0.3 is 5.97 Å². The van der Waals surface area contributed by atoms with Crippen LogP contribution in [0, 0.1) is 6.92 Å². The summed E-state index contributed by atoms with van der Waals surface area (Å²) in [6.07, 6.45) is 1.33. The molecule has 20 heavy (non-hydrogen) atoms. The zero-order valence-corrected chi connectivity index (χ0v) is 11.5. The van der Waals surface area contributed by atoms with Crippen LogP contribution in [0.25, 0.3) is 10.9 Å². The molecule has 1 heterocycles. The van der Waals surface area contributed by atoms with Crippen molar-refractivity contribution in [2.45, 2.75) is 26.3 Å². The molecule has 3 N–H and O–H groups in total. The van der Waals surface area contributed by atoms with E-state index in [0.717, 1.165) is 16.6 Å². The third-order valence-corrected chi connectivity index (χ3v) is 3.61. The summed E-state index contributed by atoms with van der Waals surface area (Å²) in [7, 11) is 0. The number of carboxylic acid groups (broad SMARTS) is 1. The second-order valence-electron chi connectivity index (χ2n) is 4.77. The molecule has 0 aliphatic rings. The number of aromatic carboxylic acids is 1. The fraction of sp³-hybridized carbons (Fsp3) is 0.400. The Hall–Kier alpha value is -1.85. The standard InChI is InChI=1S/C15H19NO4/c1-10-11(6-3-8-17)12-4-2-5-13(15(19)20)14(12)16(10)7-9-18/h2,4-5,17-18H,3,6-9H2,1H3,(H,19,20). The fourth-order valence-electron chi connectivity index (χ4n) is 2.73. The Bertz CT molecular complexity index is 630. The molecule has 0 saturated heterocycles. The largest absolute Gasteiger partial charge is 0.478 e. The summed E-state index contributed by atoms with van der Waals surface area (Å²) in [4.78, 5) is 11.4. The maximum absolute atomic E-state index is 11.4. The zero-order chi connectivity index (χ0) is 14.7. The summed E-state index contributed by atoms with van der Waals surface area (Å²) in [6, 6.07) is 5.21. The Morgan fingerprint density at radius 1 is 1.25 bits per heavy atom. The number of carboxylic acids is 1. The van der Waals surface area contributed by atoms with Gasteiger partial charge in [-0.15, -0.1) is 0 Å². The number of aromatic nitrogens is 1. The third kappa shape index (κ3) is 2.42. The summed E-state index contributed by atoms with van der Waals surface area (Å²) in [5.74, 6) is -0.971. The number of hydrogen-bond acceptors (Lipinski definition) is 3. The topological polar surface area (TPSA) is 82.7 Å². The quantitative estimate of drug-likeness (QED) is 0.748. The molecule has 0 aliphatic heterocycles. The first-order valence-electron chi connectivity index (χ1n) is 6.67. The van der Waals surface area contributed by atoms with Crippen molar-refractivity contribution in [3.05, 3.63) is 35.0 Å². The van der Waals surface area contributed by atoms with Gasteiger partial charge in [-0.05, 0) is 31.4 Å². The van der Waals surface area contributed by atoms with Gasteiger partial charge in [-0.25, -0.2) is 4.79 Å². The summed E-state index contributed by atoms with van der Waals surface area (Å²) in [5.41, 5.74) is 2.90. The molecule has 5 nitrogen and oxygen atoms in total. The summed E-state index contributed by atoms with van der Waals surface area (Å²) in [5, 5.41) is 28.4. The van der Waals surface area contributed by atoms with Crippen molar-refractivity contribution in [2.24, 2.45) is 0 Å². The highest BCUT2D eigenvalue weighted by molar-refractivity contribution is 6.03. The maximum atomic E-state index is 11.4. The predicted molar refractivity (Wildman–Crippen MR) is 76.1 cm³/mol. The van der Waals surface area contributed by atoms with Gasteiger partial charge < -0.3 is 19.9 Å². The van der Waals surface area contributed by atoms with E-state index >= 15 is 0 Å². The van der Waals surface area contributed by atoms with Crippen LogP contribution in [-0.2, 0) is 13.0 Å². The minimum Gasteiger partial charge on any atom is -0.478 e. The van der Waals surface area contributed by atoms with Crippen LogP contribution in [0.15, 0.2) is 18.2 Å². The molecule has 0 spiro atoms. The molecule has 0 aliphatic carbocycles. The van der Waals surface area contributed by atoms with E-state index < -0.39 is 5.97 Å². The molecule has 0 amide bonds. The van der Waals surface area contributed by atoms with Crippen LogP contribution in [0.1, 0.15) is 28.0 Å². The Balaban J connectivity index is 2.72. The molecule has 1 aromatic heterocycles. The first-order chi connectivity index (χ1) is 9.61. The molecule has 5 heteroatoms. The fourth-order valence-corrected chi connectivity index (χ4v) is 2.73. The van der Waals surface area contributed by atoms with E-state index in [1.165, 1.54) is 0 Å². The number of aliphatic hydroxyl groups is 2. The third-order valence-electron chi connectivity index (χ3n) is 3.61. The number of aryl methyl sites for hydroxylation is 1. The molecule has 2 rings (SSSR count). The molecule has 108 valence electrons. The number of rotatable bonds is 6. The van der Waals surface area contributed by atoms with E-state index in [9.17, 15) is 15.0 Å². The minimum absolute atomic E-state index is 0.0436. The number of para-hydroxylation sites is 1. The highest BCUT2D eigenvalue weighted by Crippen LogP contribution is 2.29. The van der Waals surface area contributed by atoms with E-state index in [-0.39, 0.29) is 18.8 Å². The van der Waals surface area contributed by atoms with Crippen LogP contribution in [0.5, 0.6) is 0 Å². The normalized spacial score (nSPS) is 11.2. The highest BCUT2D eigenvalue weighted by Gasteiger charge is 2.18. The summed E-state index contributed by atoms with van der Waals surface area (Å²) in [6.45, 7) is 2.35. The Kier molecular flexibility index (Phi) is 4.42. The lowest BCUT2D eigenvalue weighted by molar-refractivity contribution is 0.0698. The first kappa shape index (κ1) is 14.6. The van der Waals surface area contributed by atoms with Crippen molar-refractivity contribution in [1.29, 1.82) is 0 Å². The molecule has 0 saturated carbocycles. The monoisotopic (exact) mass is 277 g/mol. The molecule has 0 unspecified atom stereocenters. The SMILES string of the molecule is Cc1c(CCCO)c2cccc(C(=O)O)c2n1CCO. The molecular formula is C15H19NO4. The van der Waals surface area contributed by atoms with E-state index in [0.29, 0.717) is 24.9 Å². The maximum Gasteiger partial charge on any atom is 0.337 e. The van der Waals surface area contributed by atoms with Gasteiger partial charge in [0, 0.05) is 24.2 Å². The molecular weight excluding hydrogens is 258 g/mol. The molecule has 1 aromatic carbocycles. The van der Waals surface area contributed by atoms with Crippen LogP contribution in [0.4, 0.5) is 0 Å². The van der Waals surface area contributed by atoms with Crippen molar-refractivity contribution < 1.29 is 20.1 Å². The van der Waals surface area contributed by atoms with E-state index in [1.54, 1.807) is 12.1 Å². The van der Waals surface area contributed by atoms with Crippen molar-refractivity contribution in [2.75, 3.05) is 13.2 Å². The molecule has 0 radical (unpaired) electrons. The van der Waals surface area contributed by atoms with Crippen LogP contribution in [0.3, 0.4) is 0 Å². The van der Waals surface area contributed by atoms with E-state index in [1.807, 2.05) is 17.6 Å². The van der Waals surface area contributed by atoms with Gasteiger partial charge in [0.05, 0.1) is 17.7 Å². The highest BCUT2D eigenvalue weighted by atomic mass is 16.4. The summed E-state index contributed by atoms with van der Waals surface area (Å²) >= 11 is 0.